The maximum absolute atomic E-state index is 12.4. The average molecular weight is 310 g/mol. The van der Waals surface area contributed by atoms with Crippen molar-refractivity contribution >= 4 is 23.5 Å². The largest absolute Gasteiger partial charge is 0.465 e. The molecule has 1 aromatic carbocycles. The molecular weight excluding hydrogens is 301 g/mol. The molecule has 0 heterocycles. The van der Waals surface area contributed by atoms with E-state index in [1.165, 1.54) is 0 Å². The number of nitro benzene ring substituents is 1. The molecule has 1 N–H and O–H groups in total. The summed E-state index contributed by atoms with van der Waals surface area (Å²) >= 11 is -0.441. The van der Waals surface area contributed by atoms with Gasteiger partial charge in [0.25, 0.3) is 5.69 Å². The monoisotopic (exact) mass is 310 g/mol. The normalized spacial score (nSPS) is 11.2. The molecule has 0 aromatic heterocycles. The van der Waals surface area contributed by atoms with Gasteiger partial charge in [-0.2, -0.15) is 13.2 Å². The zero-order valence-electron chi connectivity index (χ0n) is 10.0. The van der Waals surface area contributed by atoms with Gasteiger partial charge in [-0.1, -0.05) is 0 Å². The number of halogens is 3. The van der Waals surface area contributed by atoms with Crippen LogP contribution in [0.5, 0.6) is 0 Å². The summed E-state index contributed by atoms with van der Waals surface area (Å²) in [4.78, 5) is 21.0. The number of nitrogens with zero attached hydrogens (tertiary/aromatic N) is 2. The second-order valence-corrected chi connectivity index (χ2v) is 4.84. The van der Waals surface area contributed by atoms with Gasteiger partial charge in [-0.05, 0) is 23.4 Å². The summed E-state index contributed by atoms with van der Waals surface area (Å²) < 4.78 is 37.1. The lowest BCUT2D eigenvalue weighted by Crippen LogP contribution is -2.24. The minimum Gasteiger partial charge on any atom is -0.465 e. The molecule has 1 aromatic rings. The number of amides is 1. The summed E-state index contributed by atoms with van der Waals surface area (Å²) in [6, 6.07) is 2.84. The van der Waals surface area contributed by atoms with Crippen molar-refractivity contribution in [1.82, 2.24) is 4.90 Å². The quantitative estimate of drug-likeness (QED) is 0.524. The van der Waals surface area contributed by atoms with E-state index in [9.17, 15) is 28.1 Å². The number of non-ortho nitro benzene ring substituents is 1. The second-order valence-electron chi connectivity index (χ2n) is 3.74. The van der Waals surface area contributed by atoms with Crippen LogP contribution >= 0.6 is 11.8 Å². The molecule has 0 fully saturated rings. The van der Waals surface area contributed by atoms with Gasteiger partial charge >= 0.3 is 11.6 Å². The van der Waals surface area contributed by atoms with Crippen molar-refractivity contribution in [2.24, 2.45) is 0 Å². The van der Waals surface area contributed by atoms with Crippen LogP contribution in [-0.2, 0) is 6.54 Å². The first-order valence-corrected chi connectivity index (χ1v) is 5.89. The third kappa shape index (κ3) is 4.61. The van der Waals surface area contributed by atoms with E-state index in [4.69, 9.17) is 5.11 Å². The Morgan fingerprint density at radius 3 is 2.55 bits per heavy atom. The molecule has 0 radical (unpaired) electrons. The van der Waals surface area contributed by atoms with Gasteiger partial charge in [0, 0.05) is 24.1 Å². The fourth-order valence-electron chi connectivity index (χ4n) is 1.35. The molecule has 20 heavy (non-hydrogen) atoms. The van der Waals surface area contributed by atoms with Crippen molar-refractivity contribution < 1.29 is 28.0 Å². The summed E-state index contributed by atoms with van der Waals surface area (Å²) in [5.74, 6) is 0. The molecule has 0 aliphatic rings. The van der Waals surface area contributed by atoms with Crippen LogP contribution < -0.4 is 0 Å². The topological polar surface area (TPSA) is 83.7 Å². The van der Waals surface area contributed by atoms with Crippen LogP contribution in [0, 0.1) is 10.1 Å². The highest BCUT2D eigenvalue weighted by Gasteiger charge is 2.31. The van der Waals surface area contributed by atoms with Crippen LogP contribution in [0.25, 0.3) is 0 Å². The number of thioether (sulfide) groups is 1. The third-order valence-electron chi connectivity index (χ3n) is 2.21. The summed E-state index contributed by atoms with van der Waals surface area (Å²) in [5.41, 5.74) is -5.04. The van der Waals surface area contributed by atoms with E-state index in [1.807, 2.05) is 0 Å². The molecule has 0 unspecified atom stereocenters. The predicted octanol–water partition coefficient (Wildman–Crippen LogP) is 3.32. The first-order valence-electron chi connectivity index (χ1n) is 5.07. The molecular formula is C10H9F3N2O4S. The number of carboxylic acid groups (broad SMARTS) is 1. The minimum absolute atomic E-state index is 0.0774. The zero-order chi connectivity index (χ0) is 15.5. The van der Waals surface area contributed by atoms with Crippen molar-refractivity contribution in [2.75, 3.05) is 7.05 Å². The Hall–Kier alpha value is -1.97. The van der Waals surface area contributed by atoms with E-state index in [0.717, 1.165) is 30.1 Å². The van der Waals surface area contributed by atoms with Crippen LogP contribution in [0.4, 0.5) is 23.7 Å². The Morgan fingerprint density at radius 1 is 1.50 bits per heavy atom. The summed E-state index contributed by atoms with van der Waals surface area (Å²) in [6.07, 6.45) is -1.35. The molecule has 0 aliphatic heterocycles. The van der Waals surface area contributed by atoms with E-state index in [1.54, 1.807) is 0 Å². The lowest BCUT2D eigenvalue weighted by atomic mass is 10.2. The maximum Gasteiger partial charge on any atom is 0.446 e. The molecule has 0 spiro atoms. The molecule has 0 saturated carbocycles. The summed E-state index contributed by atoms with van der Waals surface area (Å²) in [7, 11) is 1.16. The molecule has 0 bridgehead atoms. The fraction of sp³-hybridized carbons (Fsp3) is 0.300. The van der Waals surface area contributed by atoms with Gasteiger partial charge in [-0.25, -0.2) is 4.79 Å². The van der Waals surface area contributed by atoms with Gasteiger partial charge in [0.2, 0.25) is 0 Å². The van der Waals surface area contributed by atoms with E-state index in [2.05, 4.69) is 0 Å². The molecule has 1 amide bonds. The molecule has 110 valence electrons. The van der Waals surface area contributed by atoms with Crippen molar-refractivity contribution in [2.45, 2.75) is 16.9 Å². The second kappa shape index (κ2) is 5.99. The van der Waals surface area contributed by atoms with E-state index in [0.29, 0.717) is 0 Å². The highest BCUT2D eigenvalue weighted by atomic mass is 32.2. The summed E-state index contributed by atoms with van der Waals surface area (Å²) in [6.45, 7) is -0.380. The van der Waals surface area contributed by atoms with Gasteiger partial charge < -0.3 is 10.0 Å². The van der Waals surface area contributed by atoms with Crippen LogP contribution in [0.15, 0.2) is 23.1 Å². The van der Waals surface area contributed by atoms with Gasteiger partial charge in [0.05, 0.1) is 11.5 Å². The van der Waals surface area contributed by atoms with Crippen molar-refractivity contribution in [3.8, 4) is 0 Å². The van der Waals surface area contributed by atoms with E-state index >= 15 is 0 Å². The zero-order valence-corrected chi connectivity index (χ0v) is 10.9. The van der Waals surface area contributed by atoms with E-state index in [-0.39, 0.29) is 17.0 Å². The van der Waals surface area contributed by atoms with Crippen LogP contribution in [0.1, 0.15) is 5.56 Å². The molecule has 0 saturated heterocycles. The maximum atomic E-state index is 12.4. The first kappa shape index (κ1) is 16.1. The van der Waals surface area contributed by atoms with E-state index < -0.39 is 34.0 Å². The molecule has 1 rings (SSSR count). The van der Waals surface area contributed by atoms with Crippen LogP contribution in [-0.4, -0.2) is 33.6 Å². The van der Waals surface area contributed by atoms with Crippen LogP contribution in [0.3, 0.4) is 0 Å². The SMILES string of the molecule is CN(Cc1cc([N+](=O)[O-])ccc1SC(F)(F)F)C(=O)O. The number of hydrogen-bond acceptors (Lipinski definition) is 4. The van der Waals surface area contributed by atoms with Gasteiger partial charge in [-0.3, -0.25) is 10.1 Å². The predicted molar refractivity (Wildman–Crippen MR) is 64.5 cm³/mol. The van der Waals surface area contributed by atoms with Gasteiger partial charge in [0.1, 0.15) is 0 Å². The third-order valence-corrected chi connectivity index (χ3v) is 3.06. The number of benzene rings is 1. The molecule has 10 heteroatoms. The van der Waals surface area contributed by atoms with Gasteiger partial charge in [-0.15, -0.1) is 0 Å². The Morgan fingerprint density at radius 2 is 2.10 bits per heavy atom. The fourth-order valence-corrected chi connectivity index (χ4v) is 1.99. The lowest BCUT2D eigenvalue weighted by Gasteiger charge is -2.16. The Bertz CT molecular complexity index is 536. The highest BCUT2D eigenvalue weighted by molar-refractivity contribution is 8.00. The molecule has 0 atom stereocenters. The highest BCUT2D eigenvalue weighted by Crippen LogP contribution is 2.39. The van der Waals surface area contributed by atoms with Crippen LogP contribution in [0.2, 0.25) is 0 Å². The number of hydrogen-bond donors (Lipinski definition) is 1. The number of alkyl halides is 3. The Kier molecular flexibility index (Phi) is 4.82. The molecule has 6 nitrogen and oxygen atoms in total. The van der Waals surface area contributed by atoms with Gasteiger partial charge in [0.15, 0.2) is 0 Å². The van der Waals surface area contributed by atoms with Crippen molar-refractivity contribution in [1.29, 1.82) is 0 Å². The Labute approximate surface area is 115 Å². The number of carbonyl (C=O) groups is 1. The lowest BCUT2D eigenvalue weighted by molar-refractivity contribution is -0.385. The minimum atomic E-state index is -4.56. The van der Waals surface area contributed by atoms with Crippen molar-refractivity contribution in [3.63, 3.8) is 0 Å². The smallest absolute Gasteiger partial charge is 0.446 e. The average Bonchev–Trinajstić information content (AvgIpc) is 2.28. The van der Waals surface area contributed by atoms with Crippen molar-refractivity contribution in [3.05, 3.63) is 33.9 Å². The first-order chi connectivity index (χ1) is 9.10. The molecule has 0 aliphatic carbocycles. The summed E-state index contributed by atoms with van der Waals surface area (Å²) in [5, 5.41) is 19.3. The number of rotatable bonds is 4. The standard InChI is InChI=1S/C10H9F3N2O4S/c1-14(9(16)17)5-6-4-7(15(18)19)2-3-8(6)20-10(11,12)13/h2-4H,5H2,1H3,(H,16,17). The number of nitro groups is 1. The Balaban J connectivity index is 3.16.